The van der Waals surface area contributed by atoms with E-state index < -0.39 is 17.1 Å². The Kier molecular flexibility index (Phi) is 7.65. The summed E-state index contributed by atoms with van der Waals surface area (Å²) in [5.74, 6) is -0.755. The molecule has 2 aromatic heterocycles. The second-order valence-corrected chi connectivity index (χ2v) is 9.57. The number of carbonyl (C=O) groups is 1. The number of benzene rings is 2. The Morgan fingerprint density at radius 2 is 1.78 bits per heavy atom. The molecular weight excluding hydrogens is 529 g/mol. The summed E-state index contributed by atoms with van der Waals surface area (Å²) in [5.41, 5.74) is -3.04. The van der Waals surface area contributed by atoms with Crippen molar-refractivity contribution >= 4 is 29.3 Å². The van der Waals surface area contributed by atoms with Gasteiger partial charge in [0.05, 0.1) is 23.5 Å². The molecule has 0 saturated carbocycles. The lowest BCUT2D eigenvalue weighted by atomic mass is 10.1. The highest BCUT2D eigenvalue weighted by molar-refractivity contribution is 8.00. The number of hydrogen-bond acceptors (Lipinski definition) is 5. The summed E-state index contributed by atoms with van der Waals surface area (Å²) in [4.78, 5) is 30.1. The molecule has 0 aliphatic rings. The molecule has 4 aromatic rings. The van der Waals surface area contributed by atoms with Gasteiger partial charge in [0.25, 0.3) is 5.91 Å². The maximum Gasteiger partial charge on any atom is 0.446 e. The number of amides is 1. The van der Waals surface area contributed by atoms with Crippen LogP contribution in [0.25, 0.3) is 5.69 Å². The first-order chi connectivity index (χ1) is 17.5. The van der Waals surface area contributed by atoms with E-state index in [0.717, 1.165) is 10.1 Å². The number of alkyl halides is 3. The van der Waals surface area contributed by atoms with Gasteiger partial charge in [-0.2, -0.15) is 13.2 Å². The number of imidazole rings is 1. The Hall–Kier alpha value is -3.70. The maximum atomic E-state index is 13.2. The average Bonchev–Trinajstić information content (AvgIpc) is 3.06. The van der Waals surface area contributed by atoms with Gasteiger partial charge in [-0.1, -0.05) is 23.7 Å². The zero-order valence-corrected chi connectivity index (χ0v) is 20.9. The van der Waals surface area contributed by atoms with E-state index in [1.54, 1.807) is 30.3 Å². The van der Waals surface area contributed by atoms with Gasteiger partial charge in [-0.05, 0) is 72.3 Å². The topological polar surface area (TPSA) is 89.2 Å². The van der Waals surface area contributed by atoms with E-state index in [2.05, 4.69) is 10.3 Å². The fourth-order valence-corrected chi connectivity index (χ4v) is 4.33. The molecule has 4 rings (SSSR count). The normalized spacial score (nSPS) is 11.5. The van der Waals surface area contributed by atoms with Crippen LogP contribution >= 0.6 is 23.4 Å². The second-order valence-electron chi connectivity index (χ2n) is 8.00. The molecule has 2 N–H and O–H groups in total. The molecule has 0 aliphatic heterocycles. The summed E-state index contributed by atoms with van der Waals surface area (Å²) in [7, 11) is 0. The largest absolute Gasteiger partial charge is 0.493 e. The van der Waals surface area contributed by atoms with Crippen molar-refractivity contribution in [3.63, 3.8) is 0 Å². The molecule has 0 aliphatic carbocycles. The number of nitrogens with one attached hydrogen (secondary N) is 1. The van der Waals surface area contributed by atoms with E-state index >= 15 is 0 Å². The maximum absolute atomic E-state index is 13.2. The van der Waals surface area contributed by atoms with Gasteiger partial charge < -0.3 is 10.4 Å². The van der Waals surface area contributed by atoms with E-state index in [1.807, 2.05) is 0 Å². The van der Waals surface area contributed by atoms with Gasteiger partial charge in [0, 0.05) is 28.9 Å². The van der Waals surface area contributed by atoms with Crippen molar-refractivity contribution < 1.29 is 23.1 Å². The smallest absolute Gasteiger partial charge is 0.446 e. The van der Waals surface area contributed by atoms with Gasteiger partial charge in [0.2, 0.25) is 5.88 Å². The van der Waals surface area contributed by atoms with Crippen LogP contribution in [0.5, 0.6) is 5.88 Å². The van der Waals surface area contributed by atoms with Crippen molar-refractivity contribution in [1.29, 1.82) is 0 Å². The van der Waals surface area contributed by atoms with Gasteiger partial charge in [0.15, 0.2) is 0 Å². The Morgan fingerprint density at radius 1 is 1.11 bits per heavy atom. The SMILES string of the molecule is Cc1c(O)n(-c2ccc(SC(F)(F)F)cc2)c(=O)n1Cc1ccncc1C(=O)NCc1ccc(Cl)cc1. The zero-order chi connectivity index (χ0) is 26.7. The first-order valence-corrected chi connectivity index (χ1v) is 12.1. The molecule has 7 nitrogen and oxygen atoms in total. The summed E-state index contributed by atoms with van der Waals surface area (Å²) >= 11 is 5.62. The van der Waals surface area contributed by atoms with Crippen LogP contribution in [0, 0.1) is 6.92 Å². The Balaban J connectivity index is 1.58. The predicted molar refractivity (Wildman–Crippen MR) is 134 cm³/mol. The van der Waals surface area contributed by atoms with Gasteiger partial charge >= 0.3 is 11.2 Å². The van der Waals surface area contributed by atoms with E-state index in [0.29, 0.717) is 10.6 Å². The number of aromatic hydroxyl groups is 1. The van der Waals surface area contributed by atoms with Crippen molar-refractivity contribution in [2.24, 2.45) is 0 Å². The number of rotatable bonds is 7. The van der Waals surface area contributed by atoms with Crippen LogP contribution < -0.4 is 11.0 Å². The quantitative estimate of drug-likeness (QED) is 0.306. The summed E-state index contributed by atoms with van der Waals surface area (Å²) in [6.45, 7) is 1.74. The lowest BCUT2D eigenvalue weighted by molar-refractivity contribution is -0.0328. The van der Waals surface area contributed by atoms with Crippen LogP contribution in [-0.4, -0.2) is 30.6 Å². The molecule has 1 amide bonds. The summed E-state index contributed by atoms with van der Waals surface area (Å²) in [6.07, 6.45) is 2.88. The molecule has 2 aromatic carbocycles. The number of hydrogen-bond donors (Lipinski definition) is 2. The van der Waals surface area contributed by atoms with E-state index in [9.17, 15) is 27.9 Å². The third-order valence-electron chi connectivity index (χ3n) is 5.54. The number of thioether (sulfide) groups is 1. The highest BCUT2D eigenvalue weighted by Crippen LogP contribution is 2.37. The molecule has 0 unspecified atom stereocenters. The fraction of sp³-hybridized carbons (Fsp3) is 0.160. The van der Waals surface area contributed by atoms with Crippen molar-refractivity contribution in [3.8, 4) is 11.6 Å². The van der Waals surface area contributed by atoms with Crippen LogP contribution in [0.1, 0.15) is 27.2 Å². The monoisotopic (exact) mass is 548 g/mol. The first kappa shape index (κ1) is 26.4. The molecule has 37 heavy (non-hydrogen) atoms. The molecular formula is C25H20ClF3N4O3S. The minimum Gasteiger partial charge on any atom is -0.493 e. The summed E-state index contributed by atoms with van der Waals surface area (Å²) in [6, 6.07) is 13.7. The molecule has 0 radical (unpaired) electrons. The number of pyridine rings is 1. The minimum absolute atomic E-state index is 0.0422. The number of carbonyl (C=O) groups excluding carboxylic acids is 1. The molecule has 0 spiro atoms. The van der Waals surface area contributed by atoms with Crippen LogP contribution in [0.4, 0.5) is 13.2 Å². The van der Waals surface area contributed by atoms with Crippen LogP contribution in [0.15, 0.2) is 76.7 Å². The number of nitrogens with zero attached hydrogens (tertiary/aromatic N) is 3. The Morgan fingerprint density at radius 3 is 2.43 bits per heavy atom. The van der Waals surface area contributed by atoms with E-state index in [-0.39, 0.29) is 52.6 Å². The molecule has 0 fully saturated rings. The predicted octanol–water partition coefficient (Wildman–Crippen LogP) is 5.29. The lowest BCUT2D eigenvalue weighted by Gasteiger charge is -2.11. The highest BCUT2D eigenvalue weighted by Gasteiger charge is 2.29. The minimum atomic E-state index is -4.44. The van der Waals surface area contributed by atoms with Gasteiger partial charge in [0.1, 0.15) is 0 Å². The Labute approximate surface area is 218 Å². The van der Waals surface area contributed by atoms with Crippen LogP contribution in [-0.2, 0) is 13.1 Å². The third-order valence-corrected chi connectivity index (χ3v) is 6.53. The van der Waals surface area contributed by atoms with Crippen molar-refractivity contribution in [1.82, 2.24) is 19.4 Å². The van der Waals surface area contributed by atoms with Gasteiger partial charge in [-0.3, -0.25) is 14.3 Å². The Bertz CT molecular complexity index is 1480. The first-order valence-electron chi connectivity index (χ1n) is 10.9. The third kappa shape index (κ3) is 6.17. The van der Waals surface area contributed by atoms with E-state index in [1.165, 1.54) is 48.1 Å². The lowest BCUT2D eigenvalue weighted by Crippen LogP contribution is -2.27. The summed E-state index contributed by atoms with van der Waals surface area (Å²) < 4.78 is 40.1. The van der Waals surface area contributed by atoms with Crippen molar-refractivity contribution in [2.75, 3.05) is 0 Å². The second kappa shape index (κ2) is 10.7. The van der Waals surface area contributed by atoms with Gasteiger partial charge in [-0.15, -0.1) is 0 Å². The van der Waals surface area contributed by atoms with Gasteiger partial charge in [-0.25, -0.2) is 9.36 Å². The van der Waals surface area contributed by atoms with Crippen LogP contribution in [0.3, 0.4) is 0 Å². The van der Waals surface area contributed by atoms with E-state index in [4.69, 9.17) is 11.6 Å². The highest BCUT2D eigenvalue weighted by atomic mass is 35.5. The van der Waals surface area contributed by atoms with Crippen molar-refractivity contribution in [2.45, 2.75) is 30.4 Å². The van der Waals surface area contributed by atoms with Crippen molar-refractivity contribution in [3.05, 3.63) is 105 Å². The fourth-order valence-electron chi connectivity index (χ4n) is 3.67. The standard InChI is InChI=1S/C25H20ClF3N4O3S/c1-15-23(35)33(19-6-8-20(9-7-19)37-25(27,28)29)24(36)32(15)14-17-10-11-30-13-21(17)22(34)31-12-16-2-4-18(26)5-3-16/h2-11,13,35H,12,14H2,1H3,(H,31,34). The molecule has 192 valence electrons. The molecule has 0 bridgehead atoms. The average molecular weight is 549 g/mol. The molecule has 2 heterocycles. The molecule has 0 saturated heterocycles. The zero-order valence-electron chi connectivity index (χ0n) is 19.3. The molecule has 12 heteroatoms. The summed E-state index contributed by atoms with van der Waals surface area (Å²) in [5, 5.41) is 14.0. The molecule has 0 atom stereocenters. The van der Waals surface area contributed by atoms with Crippen LogP contribution in [0.2, 0.25) is 5.02 Å². The number of aromatic nitrogens is 3. The number of halogens is 4.